The van der Waals surface area contributed by atoms with E-state index in [1.807, 2.05) is 27.7 Å². The lowest BCUT2D eigenvalue weighted by molar-refractivity contribution is 0.264. The first-order chi connectivity index (χ1) is 8.37. The van der Waals surface area contributed by atoms with Crippen LogP contribution in [0.3, 0.4) is 0 Å². The Morgan fingerprint density at radius 3 is 1.35 bits per heavy atom. The maximum atomic E-state index is 12.7. The van der Waals surface area contributed by atoms with Crippen LogP contribution < -0.4 is 4.72 Å². The van der Waals surface area contributed by atoms with Gasteiger partial charge in [0.05, 0.1) is 4.75 Å². The van der Waals surface area contributed by atoms with E-state index in [1.165, 1.54) is 0 Å². The van der Waals surface area contributed by atoms with Crippen molar-refractivity contribution in [1.29, 1.82) is 0 Å². The normalized spacial score (nSPS) is 15.5. The molecule has 0 aromatic heterocycles. The topological polar surface area (TPSA) is 46.2 Å². The fourth-order valence-corrected chi connectivity index (χ4v) is 4.93. The Hall–Kier alpha value is -0.0900. The molecular formula is C16H35NO2S. The fourth-order valence-electron chi connectivity index (χ4n) is 3.24. The van der Waals surface area contributed by atoms with E-state index in [-0.39, 0.29) is 10.8 Å². The smallest absolute Gasteiger partial charge is 0.212 e. The Labute approximate surface area is 127 Å². The highest BCUT2D eigenvalue weighted by Gasteiger charge is 2.41. The van der Waals surface area contributed by atoms with Crippen molar-refractivity contribution in [3.8, 4) is 0 Å². The highest BCUT2D eigenvalue weighted by Crippen LogP contribution is 2.34. The number of hydrogen-bond acceptors (Lipinski definition) is 2. The largest absolute Gasteiger partial charge is 0.217 e. The number of rotatable bonds is 5. The monoisotopic (exact) mass is 305 g/mol. The standard InChI is InChI=1S/C16H35NO2S/c1-13(2,3)11-15(7,8)17-20(18,19)16(9,10)12-14(4,5)6/h17H,11-12H2,1-10H3. The first kappa shape index (κ1) is 19.9. The summed E-state index contributed by atoms with van der Waals surface area (Å²) >= 11 is 0. The van der Waals surface area contributed by atoms with Gasteiger partial charge in [-0.25, -0.2) is 13.1 Å². The summed E-state index contributed by atoms with van der Waals surface area (Å²) in [6, 6.07) is 0. The zero-order valence-corrected chi connectivity index (χ0v) is 16.0. The summed E-state index contributed by atoms with van der Waals surface area (Å²) in [5.41, 5.74) is -0.376. The van der Waals surface area contributed by atoms with Crippen LogP contribution in [0.4, 0.5) is 0 Å². The van der Waals surface area contributed by atoms with E-state index in [0.717, 1.165) is 6.42 Å². The SMILES string of the molecule is CC(C)(C)CC(C)(C)NS(=O)(=O)C(C)(C)CC(C)(C)C. The minimum absolute atomic E-state index is 0.0214. The summed E-state index contributed by atoms with van der Waals surface area (Å²) in [7, 11) is -3.37. The van der Waals surface area contributed by atoms with Crippen molar-refractivity contribution < 1.29 is 8.42 Å². The third-order valence-electron chi connectivity index (χ3n) is 3.07. The van der Waals surface area contributed by atoms with Gasteiger partial charge in [-0.05, 0) is 51.4 Å². The molecule has 0 fully saturated rings. The molecule has 0 aliphatic rings. The van der Waals surface area contributed by atoms with Gasteiger partial charge in [0.1, 0.15) is 0 Å². The predicted octanol–water partition coefficient (Wildman–Crippen LogP) is 4.34. The number of hydrogen-bond donors (Lipinski definition) is 1. The van der Waals surface area contributed by atoms with Crippen molar-refractivity contribution in [1.82, 2.24) is 4.72 Å². The van der Waals surface area contributed by atoms with Crippen LogP contribution in [-0.4, -0.2) is 18.7 Å². The van der Waals surface area contributed by atoms with Gasteiger partial charge in [0.25, 0.3) is 0 Å². The van der Waals surface area contributed by atoms with Gasteiger partial charge >= 0.3 is 0 Å². The Morgan fingerprint density at radius 2 is 1.05 bits per heavy atom. The predicted molar refractivity (Wildman–Crippen MR) is 88.4 cm³/mol. The van der Waals surface area contributed by atoms with Crippen LogP contribution in [0.5, 0.6) is 0 Å². The summed E-state index contributed by atoms with van der Waals surface area (Å²) in [5.74, 6) is 0. The Morgan fingerprint density at radius 1 is 0.700 bits per heavy atom. The molecule has 0 atom stereocenters. The molecule has 122 valence electrons. The first-order valence-corrected chi connectivity index (χ1v) is 8.89. The van der Waals surface area contributed by atoms with Gasteiger partial charge in [0, 0.05) is 5.54 Å². The van der Waals surface area contributed by atoms with E-state index < -0.39 is 20.3 Å². The maximum Gasteiger partial charge on any atom is 0.217 e. The van der Waals surface area contributed by atoms with Gasteiger partial charge in [-0.15, -0.1) is 0 Å². The second-order valence-corrected chi connectivity index (χ2v) is 12.0. The van der Waals surface area contributed by atoms with Crippen molar-refractivity contribution in [3.63, 3.8) is 0 Å². The molecule has 0 saturated carbocycles. The Bertz CT molecular complexity index is 420. The van der Waals surface area contributed by atoms with E-state index in [9.17, 15) is 8.42 Å². The molecule has 20 heavy (non-hydrogen) atoms. The van der Waals surface area contributed by atoms with Gasteiger partial charge in [0.2, 0.25) is 10.0 Å². The molecule has 1 N–H and O–H groups in total. The molecule has 0 aliphatic carbocycles. The van der Waals surface area contributed by atoms with Crippen molar-refractivity contribution in [2.24, 2.45) is 10.8 Å². The zero-order valence-electron chi connectivity index (χ0n) is 15.1. The molecule has 0 saturated heterocycles. The van der Waals surface area contributed by atoms with Crippen LogP contribution in [0.25, 0.3) is 0 Å². The molecule has 0 unspecified atom stereocenters. The van der Waals surface area contributed by atoms with E-state index in [0.29, 0.717) is 6.42 Å². The molecule has 0 rings (SSSR count). The van der Waals surface area contributed by atoms with Crippen LogP contribution in [0.2, 0.25) is 0 Å². The molecular weight excluding hydrogens is 270 g/mol. The van der Waals surface area contributed by atoms with Crippen LogP contribution in [0.1, 0.15) is 82.1 Å². The molecule has 0 bridgehead atoms. The highest BCUT2D eigenvalue weighted by molar-refractivity contribution is 7.90. The van der Waals surface area contributed by atoms with Gasteiger partial charge in [-0.3, -0.25) is 0 Å². The minimum Gasteiger partial charge on any atom is -0.212 e. The van der Waals surface area contributed by atoms with E-state index in [2.05, 4.69) is 46.3 Å². The van der Waals surface area contributed by atoms with Crippen molar-refractivity contribution in [2.45, 2.75) is 92.4 Å². The fraction of sp³-hybridized carbons (Fsp3) is 1.00. The lowest BCUT2D eigenvalue weighted by Crippen LogP contribution is -2.53. The molecule has 0 radical (unpaired) electrons. The first-order valence-electron chi connectivity index (χ1n) is 7.41. The van der Waals surface area contributed by atoms with Crippen LogP contribution in [-0.2, 0) is 10.0 Å². The Balaban J connectivity index is 5.17. The van der Waals surface area contributed by atoms with E-state index in [4.69, 9.17) is 0 Å². The summed E-state index contributed by atoms with van der Waals surface area (Å²) < 4.78 is 27.6. The molecule has 0 amide bonds. The zero-order chi connectivity index (χ0) is 16.6. The van der Waals surface area contributed by atoms with Crippen molar-refractivity contribution in [2.75, 3.05) is 0 Å². The molecule has 0 aromatic rings. The van der Waals surface area contributed by atoms with E-state index >= 15 is 0 Å². The average molecular weight is 306 g/mol. The van der Waals surface area contributed by atoms with Gasteiger partial charge in [0.15, 0.2) is 0 Å². The summed E-state index contributed by atoms with van der Waals surface area (Å²) in [4.78, 5) is 0. The second-order valence-electron chi connectivity index (χ2n) is 9.72. The summed E-state index contributed by atoms with van der Waals surface area (Å²) in [5, 5.41) is 0. The molecule has 0 aliphatic heterocycles. The van der Waals surface area contributed by atoms with Gasteiger partial charge < -0.3 is 0 Å². The highest BCUT2D eigenvalue weighted by atomic mass is 32.2. The van der Waals surface area contributed by atoms with Crippen LogP contribution in [0, 0.1) is 10.8 Å². The number of nitrogens with one attached hydrogen (secondary N) is 1. The maximum absolute atomic E-state index is 12.7. The number of sulfonamides is 1. The molecule has 0 aromatic carbocycles. The summed E-state index contributed by atoms with van der Waals surface area (Å²) in [6.07, 6.45) is 1.42. The quantitative estimate of drug-likeness (QED) is 0.821. The van der Waals surface area contributed by atoms with Crippen LogP contribution >= 0.6 is 0 Å². The lowest BCUT2D eigenvalue weighted by atomic mass is 9.82. The minimum atomic E-state index is -3.37. The van der Waals surface area contributed by atoms with Gasteiger partial charge in [-0.2, -0.15) is 0 Å². The molecule has 0 heterocycles. The molecule has 4 heteroatoms. The van der Waals surface area contributed by atoms with Crippen molar-refractivity contribution in [3.05, 3.63) is 0 Å². The summed E-state index contributed by atoms with van der Waals surface area (Å²) in [6.45, 7) is 20.2. The third-order valence-corrected chi connectivity index (χ3v) is 5.49. The van der Waals surface area contributed by atoms with Gasteiger partial charge in [-0.1, -0.05) is 41.5 Å². The lowest BCUT2D eigenvalue weighted by Gasteiger charge is -2.38. The Kier molecular flexibility index (Phi) is 5.58. The van der Waals surface area contributed by atoms with E-state index in [1.54, 1.807) is 0 Å². The van der Waals surface area contributed by atoms with Crippen LogP contribution in [0.15, 0.2) is 0 Å². The van der Waals surface area contributed by atoms with Crippen molar-refractivity contribution >= 4 is 10.0 Å². The second kappa shape index (κ2) is 5.60. The average Bonchev–Trinajstić information content (AvgIpc) is 1.88. The third kappa shape index (κ3) is 7.07. The molecule has 3 nitrogen and oxygen atoms in total. The molecule has 0 spiro atoms.